The number of carbonyl (C=O) groups is 1. The van der Waals surface area contributed by atoms with Crippen LogP contribution in [0.2, 0.25) is 0 Å². The molecular weight excluding hydrogens is 297 g/mol. The van der Waals surface area contributed by atoms with Crippen molar-refractivity contribution in [3.05, 3.63) is 33.9 Å². The van der Waals surface area contributed by atoms with E-state index in [2.05, 4.69) is 10.1 Å². The standard InChI is InChI=1S/C11H11F3N2O5/c12-11(13,14)6-21-4-3-15-9-2-1-7(16(19)20)5-8(9)10(17)18/h1-2,5,15H,3-4,6H2,(H,17,18). The topological polar surface area (TPSA) is 102 Å². The summed E-state index contributed by atoms with van der Waals surface area (Å²) in [5.41, 5.74) is -0.685. The largest absolute Gasteiger partial charge is 0.478 e. The number of nitro benzene ring substituents is 1. The molecule has 0 aromatic heterocycles. The maximum absolute atomic E-state index is 11.8. The lowest BCUT2D eigenvalue weighted by Crippen LogP contribution is -2.20. The molecule has 0 spiro atoms. The first-order valence-electron chi connectivity index (χ1n) is 5.61. The van der Waals surface area contributed by atoms with E-state index >= 15 is 0 Å². The van der Waals surface area contributed by atoms with E-state index in [1.165, 1.54) is 6.07 Å². The number of nitrogens with zero attached hydrogens (tertiary/aromatic N) is 1. The number of non-ortho nitro benzene ring substituents is 1. The smallest absolute Gasteiger partial charge is 0.411 e. The van der Waals surface area contributed by atoms with Crippen LogP contribution in [-0.2, 0) is 4.74 Å². The molecule has 0 atom stereocenters. The second kappa shape index (κ2) is 6.88. The van der Waals surface area contributed by atoms with E-state index in [4.69, 9.17) is 5.11 Å². The predicted octanol–water partition coefficient (Wildman–Crippen LogP) is 2.28. The maximum Gasteiger partial charge on any atom is 0.411 e. The van der Waals surface area contributed by atoms with Crippen molar-refractivity contribution in [2.24, 2.45) is 0 Å². The third kappa shape index (κ3) is 5.65. The predicted molar refractivity (Wildman–Crippen MR) is 65.4 cm³/mol. The molecule has 116 valence electrons. The third-order valence-corrected chi connectivity index (χ3v) is 2.27. The molecule has 0 fully saturated rings. The van der Waals surface area contributed by atoms with Crippen molar-refractivity contribution >= 4 is 17.3 Å². The van der Waals surface area contributed by atoms with Gasteiger partial charge in [0.15, 0.2) is 0 Å². The van der Waals surface area contributed by atoms with Crippen molar-refractivity contribution in [3.8, 4) is 0 Å². The molecule has 0 aliphatic heterocycles. The van der Waals surface area contributed by atoms with Gasteiger partial charge in [0, 0.05) is 24.4 Å². The minimum absolute atomic E-state index is 0.0590. The summed E-state index contributed by atoms with van der Waals surface area (Å²) in [7, 11) is 0. The molecule has 0 amide bonds. The van der Waals surface area contributed by atoms with Crippen LogP contribution < -0.4 is 5.32 Å². The summed E-state index contributed by atoms with van der Waals surface area (Å²) in [6.45, 7) is -1.77. The summed E-state index contributed by atoms with van der Waals surface area (Å²) in [5.74, 6) is -1.39. The van der Waals surface area contributed by atoms with Crippen LogP contribution in [0, 0.1) is 10.1 Å². The van der Waals surface area contributed by atoms with Gasteiger partial charge in [0.25, 0.3) is 5.69 Å². The number of carboxylic acid groups (broad SMARTS) is 1. The number of hydrogen-bond donors (Lipinski definition) is 2. The minimum atomic E-state index is -4.43. The van der Waals surface area contributed by atoms with E-state index in [9.17, 15) is 28.1 Å². The number of anilines is 1. The van der Waals surface area contributed by atoms with Crippen LogP contribution in [-0.4, -0.2) is 41.9 Å². The van der Waals surface area contributed by atoms with Gasteiger partial charge in [-0.05, 0) is 6.07 Å². The number of nitrogens with one attached hydrogen (secondary N) is 1. The number of benzene rings is 1. The summed E-state index contributed by atoms with van der Waals surface area (Å²) in [4.78, 5) is 20.8. The van der Waals surface area contributed by atoms with Crippen LogP contribution in [0.5, 0.6) is 0 Å². The van der Waals surface area contributed by atoms with Crippen LogP contribution in [0.4, 0.5) is 24.5 Å². The fourth-order valence-electron chi connectivity index (χ4n) is 1.42. The molecule has 0 saturated carbocycles. The minimum Gasteiger partial charge on any atom is -0.478 e. The number of rotatable bonds is 7. The Bertz CT molecular complexity index is 533. The molecule has 1 rings (SSSR count). The monoisotopic (exact) mass is 308 g/mol. The zero-order valence-corrected chi connectivity index (χ0v) is 10.5. The van der Waals surface area contributed by atoms with Crippen LogP contribution in [0.25, 0.3) is 0 Å². The van der Waals surface area contributed by atoms with E-state index in [-0.39, 0.29) is 24.4 Å². The molecule has 0 unspecified atom stereocenters. The number of nitro groups is 1. The third-order valence-electron chi connectivity index (χ3n) is 2.27. The van der Waals surface area contributed by atoms with Gasteiger partial charge >= 0.3 is 12.1 Å². The van der Waals surface area contributed by atoms with Crippen LogP contribution in [0.3, 0.4) is 0 Å². The van der Waals surface area contributed by atoms with Crippen molar-refractivity contribution in [1.29, 1.82) is 0 Å². The Labute approximate surface area is 116 Å². The van der Waals surface area contributed by atoms with Gasteiger partial charge in [-0.1, -0.05) is 0 Å². The van der Waals surface area contributed by atoms with Crippen molar-refractivity contribution in [2.45, 2.75) is 6.18 Å². The normalized spacial score (nSPS) is 11.2. The van der Waals surface area contributed by atoms with Gasteiger partial charge in [0.2, 0.25) is 0 Å². The second-order valence-electron chi connectivity index (χ2n) is 3.89. The SMILES string of the molecule is O=C(O)c1cc([N+](=O)[O-])ccc1NCCOCC(F)(F)F. The Kier molecular flexibility index (Phi) is 5.47. The van der Waals surface area contributed by atoms with E-state index in [1.807, 2.05) is 0 Å². The average molecular weight is 308 g/mol. The summed E-state index contributed by atoms with van der Waals surface area (Å²) < 4.78 is 39.8. The number of carboxylic acids is 1. The van der Waals surface area contributed by atoms with Crippen molar-refractivity contribution in [3.63, 3.8) is 0 Å². The van der Waals surface area contributed by atoms with Crippen molar-refractivity contribution < 1.29 is 32.7 Å². The lowest BCUT2D eigenvalue weighted by Gasteiger charge is -2.11. The molecule has 0 saturated heterocycles. The highest BCUT2D eigenvalue weighted by Crippen LogP contribution is 2.22. The quantitative estimate of drug-likeness (QED) is 0.455. The number of hydrogen-bond acceptors (Lipinski definition) is 5. The number of ether oxygens (including phenoxy) is 1. The lowest BCUT2D eigenvalue weighted by atomic mass is 10.1. The summed E-state index contributed by atoms with van der Waals surface area (Å²) in [5, 5.41) is 22.0. The molecule has 21 heavy (non-hydrogen) atoms. The average Bonchev–Trinajstić information content (AvgIpc) is 2.36. The van der Waals surface area contributed by atoms with E-state index in [1.54, 1.807) is 0 Å². The first-order chi connectivity index (χ1) is 9.70. The van der Waals surface area contributed by atoms with E-state index in [0.717, 1.165) is 12.1 Å². The van der Waals surface area contributed by atoms with Gasteiger partial charge in [-0.25, -0.2) is 4.79 Å². The number of halogens is 3. The molecule has 1 aromatic rings. The first kappa shape index (κ1) is 16.7. The zero-order chi connectivity index (χ0) is 16.0. The Morgan fingerprint density at radius 2 is 2.10 bits per heavy atom. The molecule has 0 radical (unpaired) electrons. The summed E-state index contributed by atoms with van der Waals surface area (Å²) in [6.07, 6.45) is -4.43. The molecular formula is C11H11F3N2O5. The molecule has 1 aromatic carbocycles. The van der Waals surface area contributed by atoms with Crippen LogP contribution in [0.15, 0.2) is 18.2 Å². The Balaban J connectivity index is 2.62. The molecule has 0 bridgehead atoms. The van der Waals surface area contributed by atoms with Gasteiger partial charge in [0.05, 0.1) is 17.1 Å². The Morgan fingerprint density at radius 3 is 2.62 bits per heavy atom. The van der Waals surface area contributed by atoms with E-state index in [0.29, 0.717) is 0 Å². The highest BCUT2D eigenvalue weighted by Gasteiger charge is 2.27. The molecule has 0 heterocycles. The van der Waals surface area contributed by atoms with Gasteiger partial charge in [0.1, 0.15) is 6.61 Å². The van der Waals surface area contributed by atoms with Crippen LogP contribution >= 0.6 is 0 Å². The number of alkyl halides is 3. The first-order valence-corrected chi connectivity index (χ1v) is 5.61. The molecule has 2 N–H and O–H groups in total. The fourth-order valence-corrected chi connectivity index (χ4v) is 1.42. The fraction of sp³-hybridized carbons (Fsp3) is 0.364. The lowest BCUT2D eigenvalue weighted by molar-refractivity contribution is -0.384. The van der Waals surface area contributed by atoms with Crippen LogP contribution in [0.1, 0.15) is 10.4 Å². The Hall–Kier alpha value is -2.36. The molecule has 7 nitrogen and oxygen atoms in total. The second-order valence-corrected chi connectivity index (χ2v) is 3.89. The zero-order valence-electron chi connectivity index (χ0n) is 10.5. The van der Waals surface area contributed by atoms with Crippen molar-refractivity contribution in [2.75, 3.05) is 25.1 Å². The highest BCUT2D eigenvalue weighted by molar-refractivity contribution is 5.95. The highest BCUT2D eigenvalue weighted by atomic mass is 19.4. The van der Waals surface area contributed by atoms with Gasteiger partial charge in [-0.3, -0.25) is 10.1 Å². The van der Waals surface area contributed by atoms with E-state index < -0.39 is 29.4 Å². The summed E-state index contributed by atoms with van der Waals surface area (Å²) >= 11 is 0. The maximum atomic E-state index is 11.8. The Morgan fingerprint density at radius 1 is 1.43 bits per heavy atom. The van der Waals surface area contributed by atoms with Crippen molar-refractivity contribution in [1.82, 2.24) is 0 Å². The molecule has 0 aliphatic rings. The number of aromatic carboxylic acids is 1. The van der Waals surface area contributed by atoms with Gasteiger partial charge in [-0.2, -0.15) is 13.2 Å². The molecule has 0 aliphatic carbocycles. The van der Waals surface area contributed by atoms with Gasteiger partial charge in [-0.15, -0.1) is 0 Å². The van der Waals surface area contributed by atoms with Gasteiger partial charge < -0.3 is 15.2 Å². The molecule has 10 heteroatoms. The summed E-state index contributed by atoms with van der Waals surface area (Å²) in [6, 6.07) is 3.12.